The normalized spacial score (nSPS) is 16.6. The second-order valence-corrected chi connectivity index (χ2v) is 6.05. The molecule has 0 spiro atoms. The second kappa shape index (κ2) is 4.78. The van der Waals surface area contributed by atoms with Crippen molar-refractivity contribution >= 4 is 35.0 Å². The Morgan fingerprint density at radius 1 is 1.53 bits per heavy atom. The molecule has 1 amide bonds. The van der Waals surface area contributed by atoms with E-state index in [1.54, 1.807) is 18.2 Å². The molecular formula is C12H15ClN2OS. The zero-order chi connectivity index (χ0) is 12.5. The van der Waals surface area contributed by atoms with Crippen LogP contribution < -0.4 is 11.1 Å². The topological polar surface area (TPSA) is 55.1 Å². The summed E-state index contributed by atoms with van der Waals surface area (Å²) in [5.41, 5.74) is 6.68. The van der Waals surface area contributed by atoms with Crippen molar-refractivity contribution in [3.63, 3.8) is 0 Å². The van der Waals surface area contributed by atoms with E-state index in [0.717, 1.165) is 0 Å². The monoisotopic (exact) mass is 270 g/mol. The molecule has 0 unspecified atom stereocenters. The highest BCUT2D eigenvalue weighted by atomic mass is 35.5. The Morgan fingerprint density at radius 3 is 2.76 bits per heavy atom. The van der Waals surface area contributed by atoms with Gasteiger partial charge in [0.1, 0.15) is 0 Å². The Balaban J connectivity index is 1.99. The third-order valence-electron chi connectivity index (χ3n) is 2.99. The summed E-state index contributed by atoms with van der Waals surface area (Å²) >= 11 is 7.68. The Kier molecular flexibility index (Phi) is 3.54. The van der Waals surface area contributed by atoms with Gasteiger partial charge >= 0.3 is 0 Å². The van der Waals surface area contributed by atoms with E-state index in [2.05, 4.69) is 11.6 Å². The van der Waals surface area contributed by atoms with Crippen molar-refractivity contribution in [3.8, 4) is 0 Å². The maximum absolute atomic E-state index is 11.9. The minimum absolute atomic E-state index is 0.112. The van der Waals surface area contributed by atoms with E-state index in [4.69, 9.17) is 17.3 Å². The van der Waals surface area contributed by atoms with E-state index in [1.807, 2.05) is 11.8 Å². The van der Waals surface area contributed by atoms with Crippen LogP contribution >= 0.6 is 23.4 Å². The lowest BCUT2D eigenvalue weighted by molar-refractivity contribution is 0.0953. The fourth-order valence-corrected chi connectivity index (χ4v) is 2.65. The number of nitrogens with two attached hydrogens (primary N) is 1. The van der Waals surface area contributed by atoms with Crippen molar-refractivity contribution in [2.75, 3.05) is 18.5 Å². The number of hydrogen-bond acceptors (Lipinski definition) is 3. The Bertz CT molecular complexity index is 426. The molecule has 17 heavy (non-hydrogen) atoms. The van der Waals surface area contributed by atoms with E-state index in [-0.39, 0.29) is 10.7 Å². The smallest absolute Gasteiger partial charge is 0.251 e. The average Bonchev–Trinajstić information content (AvgIpc) is 3.05. The van der Waals surface area contributed by atoms with Gasteiger partial charge in [-0.1, -0.05) is 11.6 Å². The maximum atomic E-state index is 11.9. The van der Waals surface area contributed by atoms with Gasteiger partial charge in [0.2, 0.25) is 0 Å². The Labute approximate surface area is 110 Å². The van der Waals surface area contributed by atoms with Gasteiger partial charge in [0.15, 0.2) is 0 Å². The van der Waals surface area contributed by atoms with Gasteiger partial charge in [0.05, 0.1) is 0 Å². The quantitative estimate of drug-likeness (QED) is 0.827. The minimum atomic E-state index is -0.112. The lowest BCUT2D eigenvalue weighted by Crippen LogP contribution is -2.31. The molecule has 1 saturated carbocycles. The van der Waals surface area contributed by atoms with Crippen LogP contribution in [0.15, 0.2) is 18.2 Å². The molecule has 3 nitrogen and oxygen atoms in total. The largest absolute Gasteiger partial charge is 0.399 e. The fourth-order valence-electron chi connectivity index (χ4n) is 1.68. The lowest BCUT2D eigenvalue weighted by Gasteiger charge is -2.13. The zero-order valence-electron chi connectivity index (χ0n) is 9.63. The Hall–Kier alpha value is -0.870. The van der Waals surface area contributed by atoms with Crippen LogP contribution in [-0.2, 0) is 0 Å². The van der Waals surface area contributed by atoms with Crippen molar-refractivity contribution in [1.29, 1.82) is 0 Å². The first kappa shape index (κ1) is 12.6. The van der Waals surface area contributed by atoms with Gasteiger partial charge < -0.3 is 11.1 Å². The molecular weight excluding hydrogens is 256 g/mol. The molecule has 2 rings (SSSR count). The molecule has 0 radical (unpaired) electrons. The highest BCUT2D eigenvalue weighted by Crippen LogP contribution is 2.46. The number of halogens is 1. The SMILES string of the molecule is CSC1(CNC(=O)c2cc(N)cc(Cl)c2)CC1. The molecule has 0 heterocycles. The fraction of sp³-hybridized carbons (Fsp3) is 0.417. The summed E-state index contributed by atoms with van der Waals surface area (Å²) in [6.07, 6.45) is 4.43. The van der Waals surface area contributed by atoms with Crippen LogP contribution in [0.25, 0.3) is 0 Å². The predicted octanol–water partition coefficient (Wildman–Crippen LogP) is 2.55. The first-order chi connectivity index (χ1) is 8.04. The number of rotatable bonds is 4. The summed E-state index contributed by atoms with van der Waals surface area (Å²) in [6.45, 7) is 0.708. The highest BCUT2D eigenvalue weighted by molar-refractivity contribution is 8.00. The number of thioether (sulfide) groups is 1. The third kappa shape index (κ3) is 3.07. The molecule has 0 saturated heterocycles. The lowest BCUT2D eigenvalue weighted by atomic mass is 10.2. The van der Waals surface area contributed by atoms with Crippen LogP contribution in [0.3, 0.4) is 0 Å². The van der Waals surface area contributed by atoms with Crippen molar-refractivity contribution < 1.29 is 4.79 Å². The zero-order valence-corrected chi connectivity index (χ0v) is 11.2. The first-order valence-corrected chi connectivity index (χ1v) is 7.04. The second-order valence-electron chi connectivity index (χ2n) is 4.34. The van der Waals surface area contributed by atoms with Gasteiger partial charge in [-0.3, -0.25) is 4.79 Å². The molecule has 3 N–H and O–H groups in total. The summed E-state index contributed by atoms with van der Waals surface area (Å²) in [5.74, 6) is -0.112. The van der Waals surface area contributed by atoms with E-state index in [0.29, 0.717) is 22.8 Å². The molecule has 0 bridgehead atoms. The minimum Gasteiger partial charge on any atom is -0.399 e. The van der Waals surface area contributed by atoms with Gasteiger partial charge in [-0.2, -0.15) is 11.8 Å². The van der Waals surface area contributed by atoms with Gasteiger partial charge in [-0.05, 0) is 37.3 Å². The van der Waals surface area contributed by atoms with Gasteiger partial charge in [0, 0.05) is 27.6 Å². The number of anilines is 1. The predicted molar refractivity (Wildman–Crippen MR) is 73.7 cm³/mol. The van der Waals surface area contributed by atoms with E-state index in [1.165, 1.54) is 12.8 Å². The molecule has 1 aliphatic rings. The van der Waals surface area contributed by atoms with Crippen molar-refractivity contribution in [2.24, 2.45) is 0 Å². The highest BCUT2D eigenvalue weighted by Gasteiger charge is 2.41. The van der Waals surface area contributed by atoms with Crippen LogP contribution in [-0.4, -0.2) is 23.5 Å². The maximum Gasteiger partial charge on any atom is 0.251 e. The molecule has 0 atom stereocenters. The molecule has 1 aliphatic carbocycles. The Morgan fingerprint density at radius 2 is 2.24 bits per heavy atom. The molecule has 0 aromatic heterocycles. The third-order valence-corrected chi connectivity index (χ3v) is 4.63. The van der Waals surface area contributed by atoms with Crippen molar-refractivity contribution in [2.45, 2.75) is 17.6 Å². The average molecular weight is 271 g/mol. The number of nitrogens with one attached hydrogen (secondary N) is 1. The molecule has 0 aliphatic heterocycles. The van der Waals surface area contributed by atoms with Crippen LogP contribution in [0, 0.1) is 0 Å². The molecule has 92 valence electrons. The molecule has 5 heteroatoms. The van der Waals surface area contributed by atoms with Crippen LogP contribution in [0.2, 0.25) is 5.02 Å². The number of nitrogen functional groups attached to an aromatic ring is 1. The summed E-state index contributed by atoms with van der Waals surface area (Å²) < 4.78 is 0.264. The summed E-state index contributed by atoms with van der Waals surface area (Å²) in [5, 5.41) is 3.42. The van der Waals surface area contributed by atoms with Gasteiger partial charge in [-0.25, -0.2) is 0 Å². The van der Waals surface area contributed by atoms with Crippen LogP contribution in [0.5, 0.6) is 0 Å². The van der Waals surface area contributed by atoms with E-state index >= 15 is 0 Å². The number of benzene rings is 1. The number of hydrogen-bond donors (Lipinski definition) is 2. The standard InChI is InChI=1S/C12H15ClN2OS/c1-17-12(2-3-12)7-15-11(16)8-4-9(13)6-10(14)5-8/h4-6H,2-3,7,14H2,1H3,(H,15,16). The van der Waals surface area contributed by atoms with Gasteiger partial charge in [0.25, 0.3) is 5.91 Å². The van der Waals surface area contributed by atoms with Crippen molar-refractivity contribution in [3.05, 3.63) is 28.8 Å². The number of carbonyl (C=O) groups excluding carboxylic acids is 1. The molecule has 1 aromatic rings. The number of carbonyl (C=O) groups is 1. The van der Waals surface area contributed by atoms with Crippen LogP contribution in [0.1, 0.15) is 23.2 Å². The summed E-state index contributed by atoms with van der Waals surface area (Å²) in [4.78, 5) is 11.9. The van der Waals surface area contributed by atoms with E-state index in [9.17, 15) is 4.79 Å². The molecule has 1 aromatic carbocycles. The molecule has 1 fully saturated rings. The van der Waals surface area contributed by atoms with Crippen molar-refractivity contribution in [1.82, 2.24) is 5.32 Å². The summed E-state index contributed by atoms with van der Waals surface area (Å²) in [6, 6.07) is 4.90. The van der Waals surface area contributed by atoms with Gasteiger partial charge in [-0.15, -0.1) is 0 Å². The van der Waals surface area contributed by atoms with E-state index < -0.39 is 0 Å². The van der Waals surface area contributed by atoms with Crippen LogP contribution in [0.4, 0.5) is 5.69 Å². The summed E-state index contributed by atoms with van der Waals surface area (Å²) in [7, 11) is 0. The number of amides is 1. The first-order valence-electron chi connectivity index (χ1n) is 5.44.